The fourth-order valence-corrected chi connectivity index (χ4v) is 1.50. The summed E-state index contributed by atoms with van der Waals surface area (Å²) in [6, 6.07) is 4.85. The van der Waals surface area contributed by atoms with Gasteiger partial charge in [-0.1, -0.05) is 11.6 Å². The Morgan fingerprint density at radius 1 is 1.28 bits per heavy atom. The Hall–Kier alpha value is -1.59. The van der Waals surface area contributed by atoms with Crippen LogP contribution >= 0.6 is 11.6 Å². The molecule has 18 heavy (non-hydrogen) atoms. The van der Waals surface area contributed by atoms with Crippen molar-refractivity contribution in [2.24, 2.45) is 0 Å². The summed E-state index contributed by atoms with van der Waals surface area (Å²) in [5, 5.41) is 5.77. The minimum Gasteiger partial charge on any atom is -0.384 e. The number of benzene rings is 1. The topological polar surface area (TPSA) is 67.4 Å². The number of hydrogen-bond acceptors (Lipinski definition) is 3. The number of anilines is 2. The third kappa shape index (κ3) is 4.73. The number of rotatable bonds is 5. The first-order valence-electron chi connectivity index (χ1n) is 5.39. The van der Waals surface area contributed by atoms with Gasteiger partial charge >= 0.3 is 0 Å². The number of nitrogens with one attached hydrogen (secondary N) is 2. The van der Waals surface area contributed by atoms with Crippen LogP contribution in [0.3, 0.4) is 0 Å². The van der Waals surface area contributed by atoms with Gasteiger partial charge in [-0.05, 0) is 18.2 Å². The maximum absolute atomic E-state index is 11.6. The lowest BCUT2D eigenvalue weighted by Crippen LogP contribution is -2.16. The van der Waals surface area contributed by atoms with Crippen molar-refractivity contribution in [3.8, 4) is 0 Å². The molecular formula is C12H15ClN2O3. The standard InChI is InChI=1S/C12H15ClN2O3/c1-8(16)14-10-4-3-9(13)7-11(10)15-12(17)5-6-18-2/h3-4,7H,5-6H2,1-2H3,(H,14,16)(H,15,17). The van der Waals surface area contributed by atoms with Gasteiger partial charge in [0.25, 0.3) is 0 Å². The second kappa shape index (κ2) is 6.98. The van der Waals surface area contributed by atoms with Crippen molar-refractivity contribution in [2.45, 2.75) is 13.3 Å². The normalized spacial score (nSPS) is 9.94. The predicted molar refractivity (Wildman–Crippen MR) is 70.9 cm³/mol. The Morgan fingerprint density at radius 3 is 2.61 bits per heavy atom. The van der Waals surface area contributed by atoms with Crippen molar-refractivity contribution < 1.29 is 14.3 Å². The van der Waals surface area contributed by atoms with Gasteiger partial charge < -0.3 is 15.4 Å². The first-order valence-corrected chi connectivity index (χ1v) is 5.76. The van der Waals surface area contributed by atoms with E-state index in [9.17, 15) is 9.59 Å². The quantitative estimate of drug-likeness (QED) is 0.862. The van der Waals surface area contributed by atoms with Crippen LogP contribution in [-0.2, 0) is 14.3 Å². The summed E-state index contributed by atoms with van der Waals surface area (Å²) < 4.78 is 4.81. The largest absolute Gasteiger partial charge is 0.384 e. The third-order valence-corrected chi connectivity index (χ3v) is 2.33. The van der Waals surface area contributed by atoms with E-state index in [1.54, 1.807) is 18.2 Å². The van der Waals surface area contributed by atoms with Crippen molar-refractivity contribution in [2.75, 3.05) is 24.4 Å². The van der Waals surface area contributed by atoms with Gasteiger partial charge in [-0.15, -0.1) is 0 Å². The summed E-state index contributed by atoms with van der Waals surface area (Å²) in [5.74, 6) is -0.421. The Morgan fingerprint density at radius 2 is 2.00 bits per heavy atom. The SMILES string of the molecule is COCCC(=O)Nc1cc(Cl)ccc1NC(C)=O. The summed E-state index contributed by atoms with van der Waals surface area (Å²) in [6.45, 7) is 1.73. The van der Waals surface area contributed by atoms with Gasteiger partial charge in [0.15, 0.2) is 0 Å². The molecular weight excluding hydrogens is 256 g/mol. The van der Waals surface area contributed by atoms with Gasteiger partial charge in [0.1, 0.15) is 0 Å². The van der Waals surface area contributed by atoms with E-state index >= 15 is 0 Å². The molecule has 1 aromatic carbocycles. The summed E-state index contributed by atoms with van der Waals surface area (Å²) in [4.78, 5) is 22.6. The molecule has 0 saturated carbocycles. The number of halogens is 1. The number of carbonyl (C=O) groups is 2. The molecule has 0 atom stereocenters. The van der Waals surface area contributed by atoms with Crippen LogP contribution in [0.4, 0.5) is 11.4 Å². The lowest BCUT2D eigenvalue weighted by atomic mass is 10.2. The minimum absolute atomic E-state index is 0.203. The molecule has 2 amide bonds. The molecule has 0 heterocycles. The van der Waals surface area contributed by atoms with Crippen LogP contribution in [0.25, 0.3) is 0 Å². The lowest BCUT2D eigenvalue weighted by molar-refractivity contribution is -0.117. The van der Waals surface area contributed by atoms with Crippen molar-refractivity contribution >= 4 is 34.8 Å². The predicted octanol–water partition coefficient (Wildman–Crippen LogP) is 2.27. The zero-order valence-electron chi connectivity index (χ0n) is 10.2. The summed E-state index contributed by atoms with van der Waals surface area (Å²) in [6.07, 6.45) is 0.239. The molecule has 0 aliphatic rings. The molecule has 98 valence electrons. The van der Waals surface area contributed by atoms with E-state index in [0.29, 0.717) is 23.0 Å². The molecule has 1 aromatic rings. The molecule has 0 fully saturated rings. The Bertz CT molecular complexity index is 449. The van der Waals surface area contributed by atoms with Crippen molar-refractivity contribution in [3.05, 3.63) is 23.2 Å². The second-order valence-electron chi connectivity index (χ2n) is 3.66. The molecule has 0 aliphatic heterocycles. The van der Waals surface area contributed by atoms with Gasteiger partial charge in [0.05, 0.1) is 24.4 Å². The Balaban J connectivity index is 2.81. The highest BCUT2D eigenvalue weighted by atomic mass is 35.5. The van der Waals surface area contributed by atoms with E-state index in [-0.39, 0.29) is 18.2 Å². The molecule has 0 aliphatic carbocycles. The smallest absolute Gasteiger partial charge is 0.226 e. The number of ether oxygens (including phenoxy) is 1. The molecule has 0 spiro atoms. The molecule has 5 nitrogen and oxygen atoms in total. The molecule has 0 saturated heterocycles. The first-order chi connectivity index (χ1) is 8.52. The van der Waals surface area contributed by atoms with E-state index in [1.165, 1.54) is 14.0 Å². The second-order valence-corrected chi connectivity index (χ2v) is 4.10. The molecule has 6 heteroatoms. The zero-order valence-corrected chi connectivity index (χ0v) is 11.0. The minimum atomic E-state index is -0.218. The fourth-order valence-electron chi connectivity index (χ4n) is 1.33. The average molecular weight is 271 g/mol. The molecule has 0 unspecified atom stereocenters. The first kappa shape index (κ1) is 14.5. The maximum Gasteiger partial charge on any atom is 0.226 e. The van der Waals surface area contributed by atoms with Crippen LogP contribution in [0, 0.1) is 0 Å². The van der Waals surface area contributed by atoms with Crippen molar-refractivity contribution in [1.29, 1.82) is 0 Å². The number of amides is 2. The van der Waals surface area contributed by atoms with Gasteiger partial charge in [0.2, 0.25) is 11.8 Å². The lowest BCUT2D eigenvalue weighted by Gasteiger charge is -2.11. The van der Waals surface area contributed by atoms with Gasteiger partial charge in [-0.25, -0.2) is 0 Å². The van der Waals surface area contributed by atoms with Crippen LogP contribution in [0.5, 0.6) is 0 Å². The molecule has 0 radical (unpaired) electrons. The zero-order chi connectivity index (χ0) is 13.5. The van der Waals surface area contributed by atoms with E-state index in [4.69, 9.17) is 16.3 Å². The van der Waals surface area contributed by atoms with E-state index < -0.39 is 0 Å². The highest BCUT2D eigenvalue weighted by molar-refractivity contribution is 6.31. The molecule has 0 aromatic heterocycles. The van der Waals surface area contributed by atoms with E-state index in [0.717, 1.165) is 0 Å². The molecule has 0 bridgehead atoms. The van der Waals surface area contributed by atoms with Crippen molar-refractivity contribution in [3.63, 3.8) is 0 Å². The highest BCUT2D eigenvalue weighted by Crippen LogP contribution is 2.25. The molecule has 1 rings (SSSR count). The highest BCUT2D eigenvalue weighted by Gasteiger charge is 2.08. The Labute approximate surface area is 110 Å². The summed E-state index contributed by atoms with van der Waals surface area (Å²) >= 11 is 5.85. The van der Waals surface area contributed by atoms with Crippen LogP contribution in [0.2, 0.25) is 5.02 Å². The third-order valence-electron chi connectivity index (χ3n) is 2.10. The van der Waals surface area contributed by atoms with E-state index in [2.05, 4.69) is 10.6 Å². The molecule has 2 N–H and O–H groups in total. The van der Waals surface area contributed by atoms with E-state index in [1.807, 2.05) is 0 Å². The monoisotopic (exact) mass is 270 g/mol. The number of methoxy groups -OCH3 is 1. The van der Waals surface area contributed by atoms with Gasteiger partial charge in [0, 0.05) is 19.1 Å². The van der Waals surface area contributed by atoms with Crippen LogP contribution in [0.15, 0.2) is 18.2 Å². The summed E-state index contributed by atoms with van der Waals surface area (Å²) in [7, 11) is 1.52. The summed E-state index contributed by atoms with van der Waals surface area (Å²) in [5.41, 5.74) is 0.983. The van der Waals surface area contributed by atoms with Gasteiger partial charge in [-0.3, -0.25) is 9.59 Å². The van der Waals surface area contributed by atoms with Crippen LogP contribution in [0.1, 0.15) is 13.3 Å². The fraction of sp³-hybridized carbons (Fsp3) is 0.333. The average Bonchev–Trinajstić information content (AvgIpc) is 2.29. The number of carbonyl (C=O) groups excluding carboxylic acids is 2. The Kier molecular flexibility index (Phi) is 5.61. The van der Waals surface area contributed by atoms with Crippen molar-refractivity contribution in [1.82, 2.24) is 0 Å². The van der Waals surface area contributed by atoms with Crippen LogP contribution < -0.4 is 10.6 Å². The van der Waals surface area contributed by atoms with Gasteiger partial charge in [-0.2, -0.15) is 0 Å². The van der Waals surface area contributed by atoms with Crippen LogP contribution in [-0.4, -0.2) is 25.5 Å². The number of hydrogen-bond donors (Lipinski definition) is 2. The maximum atomic E-state index is 11.6.